The van der Waals surface area contributed by atoms with Crippen molar-refractivity contribution in [2.45, 2.75) is 39.7 Å². The van der Waals surface area contributed by atoms with Gasteiger partial charge in [-0.3, -0.25) is 0 Å². The summed E-state index contributed by atoms with van der Waals surface area (Å²) in [7, 11) is 0. The fourth-order valence-electron chi connectivity index (χ4n) is 2.87. The standard InChI is InChI=1S/C14H24N4O/c1-4-19-14-11(3)13(16-9-17-14)18-7-5-6-10(2)12(18)8-15/h9-10,12H,4-8,15H2,1-3H3. The fourth-order valence-corrected chi connectivity index (χ4v) is 2.87. The van der Waals surface area contributed by atoms with E-state index in [2.05, 4.69) is 21.8 Å². The first-order valence-corrected chi connectivity index (χ1v) is 7.10. The summed E-state index contributed by atoms with van der Waals surface area (Å²) in [4.78, 5) is 11.0. The van der Waals surface area contributed by atoms with Crippen LogP contribution in [-0.4, -0.2) is 35.7 Å². The van der Waals surface area contributed by atoms with Gasteiger partial charge < -0.3 is 15.4 Å². The van der Waals surface area contributed by atoms with Crippen LogP contribution >= 0.6 is 0 Å². The zero-order chi connectivity index (χ0) is 13.8. The predicted molar refractivity (Wildman–Crippen MR) is 76.5 cm³/mol. The predicted octanol–water partition coefficient (Wildman–Crippen LogP) is 1.75. The van der Waals surface area contributed by atoms with Gasteiger partial charge in [-0.25, -0.2) is 9.97 Å². The van der Waals surface area contributed by atoms with Crippen LogP contribution in [-0.2, 0) is 0 Å². The van der Waals surface area contributed by atoms with Gasteiger partial charge in [-0.2, -0.15) is 0 Å². The van der Waals surface area contributed by atoms with Gasteiger partial charge in [0.2, 0.25) is 5.88 Å². The lowest BCUT2D eigenvalue weighted by Crippen LogP contribution is -2.49. The molecule has 1 aliphatic heterocycles. The number of nitrogens with two attached hydrogens (primary N) is 1. The zero-order valence-corrected chi connectivity index (χ0v) is 12.1. The van der Waals surface area contributed by atoms with Crippen LogP contribution in [0.3, 0.4) is 0 Å². The smallest absolute Gasteiger partial charge is 0.221 e. The molecule has 0 saturated carbocycles. The van der Waals surface area contributed by atoms with E-state index in [9.17, 15) is 0 Å². The van der Waals surface area contributed by atoms with Gasteiger partial charge in [0.15, 0.2) is 0 Å². The summed E-state index contributed by atoms with van der Waals surface area (Å²) in [6.07, 6.45) is 4.01. The number of hydrogen-bond acceptors (Lipinski definition) is 5. The van der Waals surface area contributed by atoms with E-state index in [1.54, 1.807) is 6.33 Å². The summed E-state index contributed by atoms with van der Waals surface area (Å²) in [6.45, 7) is 8.54. The molecule has 0 bridgehead atoms. The Morgan fingerprint density at radius 1 is 1.47 bits per heavy atom. The molecule has 0 radical (unpaired) electrons. The molecule has 2 rings (SSSR count). The Kier molecular flexibility index (Phi) is 4.58. The van der Waals surface area contributed by atoms with Gasteiger partial charge in [-0.15, -0.1) is 0 Å². The Bertz CT molecular complexity index is 424. The molecule has 19 heavy (non-hydrogen) atoms. The number of ether oxygens (including phenoxy) is 1. The van der Waals surface area contributed by atoms with Crippen LogP contribution in [0.4, 0.5) is 5.82 Å². The highest BCUT2D eigenvalue weighted by Crippen LogP contribution is 2.31. The summed E-state index contributed by atoms with van der Waals surface area (Å²) in [5.41, 5.74) is 6.96. The highest BCUT2D eigenvalue weighted by molar-refractivity contribution is 5.51. The number of hydrogen-bond donors (Lipinski definition) is 1. The molecule has 2 heterocycles. The van der Waals surface area contributed by atoms with E-state index in [-0.39, 0.29) is 0 Å². The molecule has 1 aromatic rings. The van der Waals surface area contributed by atoms with Gasteiger partial charge in [0.25, 0.3) is 0 Å². The molecular weight excluding hydrogens is 240 g/mol. The summed E-state index contributed by atoms with van der Waals surface area (Å²) < 4.78 is 5.55. The maximum atomic E-state index is 5.95. The van der Waals surface area contributed by atoms with Crippen LogP contribution in [0.2, 0.25) is 0 Å². The van der Waals surface area contributed by atoms with E-state index < -0.39 is 0 Å². The molecule has 5 nitrogen and oxygen atoms in total. The Balaban J connectivity index is 2.31. The van der Waals surface area contributed by atoms with E-state index in [0.717, 1.165) is 17.9 Å². The molecule has 0 aliphatic carbocycles. The summed E-state index contributed by atoms with van der Waals surface area (Å²) in [5, 5.41) is 0. The number of nitrogens with zero attached hydrogens (tertiary/aromatic N) is 3. The number of piperidine rings is 1. The Labute approximate surface area is 115 Å². The SMILES string of the molecule is CCOc1ncnc(N2CCCC(C)C2CN)c1C. The number of anilines is 1. The summed E-state index contributed by atoms with van der Waals surface area (Å²) >= 11 is 0. The van der Waals surface area contributed by atoms with Gasteiger partial charge in [0.05, 0.1) is 12.2 Å². The maximum absolute atomic E-state index is 5.95. The monoisotopic (exact) mass is 264 g/mol. The second-order valence-electron chi connectivity index (χ2n) is 5.18. The van der Waals surface area contributed by atoms with Crippen molar-refractivity contribution in [1.29, 1.82) is 0 Å². The lowest BCUT2D eigenvalue weighted by molar-refractivity contribution is 0.320. The molecule has 2 unspecified atom stereocenters. The van der Waals surface area contributed by atoms with E-state index in [1.807, 2.05) is 13.8 Å². The largest absolute Gasteiger partial charge is 0.478 e. The molecule has 2 N–H and O–H groups in total. The topological polar surface area (TPSA) is 64.3 Å². The van der Waals surface area contributed by atoms with Gasteiger partial charge in [0, 0.05) is 19.1 Å². The molecular formula is C14H24N4O. The molecule has 1 aliphatic rings. The molecule has 2 atom stereocenters. The molecule has 0 spiro atoms. The van der Waals surface area contributed by atoms with E-state index in [1.165, 1.54) is 12.8 Å². The second kappa shape index (κ2) is 6.19. The highest BCUT2D eigenvalue weighted by atomic mass is 16.5. The molecule has 1 saturated heterocycles. The van der Waals surface area contributed by atoms with Crippen molar-refractivity contribution >= 4 is 5.82 Å². The minimum Gasteiger partial charge on any atom is -0.478 e. The fraction of sp³-hybridized carbons (Fsp3) is 0.714. The zero-order valence-electron chi connectivity index (χ0n) is 12.1. The Morgan fingerprint density at radius 3 is 2.95 bits per heavy atom. The number of rotatable bonds is 4. The Morgan fingerprint density at radius 2 is 2.26 bits per heavy atom. The molecule has 0 aromatic carbocycles. The van der Waals surface area contributed by atoms with E-state index in [0.29, 0.717) is 31.0 Å². The molecule has 5 heteroatoms. The molecule has 1 fully saturated rings. The van der Waals surface area contributed by atoms with Crippen molar-refractivity contribution in [3.8, 4) is 5.88 Å². The average Bonchev–Trinajstić information content (AvgIpc) is 2.41. The third-order valence-corrected chi connectivity index (χ3v) is 3.92. The molecule has 1 aromatic heterocycles. The van der Waals surface area contributed by atoms with Crippen molar-refractivity contribution in [3.05, 3.63) is 11.9 Å². The summed E-state index contributed by atoms with van der Waals surface area (Å²) in [5.74, 6) is 2.26. The van der Waals surface area contributed by atoms with Crippen LogP contribution in [0, 0.1) is 12.8 Å². The van der Waals surface area contributed by atoms with Crippen LogP contribution in [0.15, 0.2) is 6.33 Å². The first kappa shape index (κ1) is 14.1. The minimum atomic E-state index is 0.358. The quantitative estimate of drug-likeness (QED) is 0.897. The van der Waals surface area contributed by atoms with Crippen molar-refractivity contribution in [1.82, 2.24) is 9.97 Å². The number of aromatic nitrogens is 2. The van der Waals surface area contributed by atoms with Gasteiger partial charge in [-0.1, -0.05) is 6.92 Å². The van der Waals surface area contributed by atoms with Crippen molar-refractivity contribution < 1.29 is 4.74 Å². The van der Waals surface area contributed by atoms with E-state index in [4.69, 9.17) is 10.5 Å². The average molecular weight is 264 g/mol. The second-order valence-corrected chi connectivity index (χ2v) is 5.18. The minimum absolute atomic E-state index is 0.358. The molecule has 0 amide bonds. The van der Waals surface area contributed by atoms with Crippen molar-refractivity contribution in [3.63, 3.8) is 0 Å². The normalized spacial score (nSPS) is 23.5. The lowest BCUT2D eigenvalue weighted by Gasteiger charge is -2.40. The third-order valence-electron chi connectivity index (χ3n) is 3.92. The van der Waals surface area contributed by atoms with Crippen LogP contribution in [0.5, 0.6) is 5.88 Å². The first-order valence-electron chi connectivity index (χ1n) is 7.10. The van der Waals surface area contributed by atoms with Crippen molar-refractivity contribution in [2.24, 2.45) is 11.7 Å². The van der Waals surface area contributed by atoms with Crippen LogP contribution in [0.1, 0.15) is 32.3 Å². The Hall–Kier alpha value is -1.36. The first-order chi connectivity index (χ1) is 9.19. The van der Waals surface area contributed by atoms with Gasteiger partial charge in [-0.05, 0) is 32.6 Å². The lowest BCUT2D eigenvalue weighted by atomic mass is 9.90. The van der Waals surface area contributed by atoms with Crippen LogP contribution < -0.4 is 15.4 Å². The highest BCUT2D eigenvalue weighted by Gasteiger charge is 2.29. The van der Waals surface area contributed by atoms with Gasteiger partial charge in [0.1, 0.15) is 12.1 Å². The van der Waals surface area contributed by atoms with E-state index >= 15 is 0 Å². The van der Waals surface area contributed by atoms with Gasteiger partial charge >= 0.3 is 0 Å². The summed E-state index contributed by atoms with van der Waals surface area (Å²) in [6, 6.07) is 0.358. The van der Waals surface area contributed by atoms with Crippen LogP contribution in [0.25, 0.3) is 0 Å². The third kappa shape index (κ3) is 2.81. The maximum Gasteiger partial charge on any atom is 0.221 e. The van der Waals surface area contributed by atoms with Crippen molar-refractivity contribution in [2.75, 3.05) is 24.6 Å². The molecule has 106 valence electrons.